The van der Waals surface area contributed by atoms with Gasteiger partial charge in [0, 0.05) is 36.6 Å². The van der Waals surface area contributed by atoms with Crippen LogP contribution >= 0.6 is 11.6 Å². The first-order valence-electron chi connectivity index (χ1n) is 9.38. The minimum Gasteiger partial charge on any atom is -0.367 e. The molecule has 148 valence electrons. The van der Waals surface area contributed by atoms with E-state index in [1.165, 1.54) is 0 Å². The number of halogens is 2. The highest BCUT2D eigenvalue weighted by Gasteiger charge is 2.32. The van der Waals surface area contributed by atoms with Gasteiger partial charge in [-0.3, -0.25) is 4.79 Å². The van der Waals surface area contributed by atoms with E-state index in [0.717, 1.165) is 43.0 Å². The zero-order valence-corrected chi connectivity index (χ0v) is 16.2. The maximum Gasteiger partial charge on any atom is 0.224 e. The van der Waals surface area contributed by atoms with Gasteiger partial charge in [-0.1, -0.05) is 24.4 Å². The molecule has 4 N–H and O–H groups in total. The lowest BCUT2D eigenvalue weighted by atomic mass is 9.84. The molecule has 0 aromatic carbocycles. The first-order chi connectivity index (χ1) is 13.6. The summed E-state index contributed by atoms with van der Waals surface area (Å²) < 4.78 is 14.4. The Morgan fingerprint density at radius 3 is 2.89 bits per heavy atom. The summed E-state index contributed by atoms with van der Waals surface area (Å²) >= 11 is 6.10. The maximum atomic E-state index is 14.4. The van der Waals surface area contributed by atoms with Gasteiger partial charge >= 0.3 is 0 Å². The van der Waals surface area contributed by atoms with Crippen LogP contribution in [-0.4, -0.2) is 35.1 Å². The molecule has 1 aromatic heterocycles. The van der Waals surface area contributed by atoms with Gasteiger partial charge in [0.25, 0.3) is 0 Å². The van der Waals surface area contributed by atoms with Crippen LogP contribution in [0.2, 0.25) is 0 Å². The molecule has 0 saturated heterocycles. The second-order valence-electron chi connectivity index (χ2n) is 7.10. The monoisotopic (exact) mass is 404 g/mol. The number of fused-ring (bicyclic) bond motifs is 1. The number of anilines is 1. The fourth-order valence-corrected chi connectivity index (χ4v) is 4.10. The molecule has 9 heteroatoms. The predicted molar refractivity (Wildman–Crippen MR) is 105 cm³/mol. The zero-order valence-electron chi connectivity index (χ0n) is 15.4. The minimum absolute atomic E-state index is 0.0303. The van der Waals surface area contributed by atoms with Gasteiger partial charge in [-0.2, -0.15) is 0 Å². The van der Waals surface area contributed by atoms with Crippen LogP contribution in [0, 0.1) is 11.7 Å². The lowest BCUT2D eigenvalue weighted by Gasteiger charge is -2.31. The van der Waals surface area contributed by atoms with Crippen molar-refractivity contribution in [2.45, 2.75) is 37.9 Å². The average Bonchev–Trinajstić information content (AvgIpc) is 3.12. The number of hydrogen-bond donors (Lipinski definition) is 4. The molecule has 4 rings (SSSR count). The summed E-state index contributed by atoms with van der Waals surface area (Å²) in [6.45, 7) is 0. The third kappa shape index (κ3) is 3.56. The van der Waals surface area contributed by atoms with Gasteiger partial charge in [-0.25, -0.2) is 14.4 Å². The molecule has 1 aromatic rings. The van der Waals surface area contributed by atoms with Crippen LogP contribution in [0.3, 0.4) is 0 Å². The van der Waals surface area contributed by atoms with Gasteiger partial charge in [0.15, 0.2) is 17.5 Å². The number of carbonyl (C=O) groups is 1. The number of nitrogens with one attached hydrogen (secondary N) is 4. The lowest BCUT2D eigenvalue weighted by Crippen LogP contribution is -2.42. The van der Waals surface area contributed by atoms with E-state index in [9.17, 15) is 9.18 Å². The highest BCUT2D eigenvalue weighted by atomic mass is 35.5. The second-order valence-corrected chi connectivity index (χ2v) is 7.54. The van der Waals surface area contributed by atoms with Gasteiger partial charge in [-0.05, 0) is 18.9 Å². The molecule has 1 amide bonds. The molecular weight excluding hydrogens is 383 g/mol. The molecule has 1 saturated carbocycles. The van der Waals surface area contributed by atoms with E-state index in [2.05, 4.69) is 31.2 Å². The molecule has 1 aliphatic carbocycles. The van der Waals surface area contributed by atoms with Gasteiger partial charge in [0.1, 0.15) is 6.17 Å². The van der Waals surface area contributed by atoms with Crippen LogP contribution in [-0.2, 0) is 4.79 Å². The highest BCUT2D eigenvalue weighted by molar-refractivity contribution is 6.31. The van der Waals surface area contributed by atoms with E-state index in [0.29, 0.717) is 10.9 Å². The molecule has 3 atom stereocenters. The Bertz CT molecular complexity index is 883. The van der Waals surface area contributed by atoms with Crippen LogP contribution in [0.15, 0.2) is 35.3 Å². The van der Waals surface area contributed by atoms with Crippen LogP contribution in [0.5, 0.6) is 0 Å². The van der Waals surface area contributed by atoms with E-state index in [4.69, 9.17) is 11.6 Å². The normalized spacial score (nSPS) is 26.1. The maximum absolute atomic E-state index is 14.4. The molecule has 2 unspecified atom stereocenters. The van der Waals surface area contributed by atoms with Crippen molar-refractivity contribution >= 4 is 28.9 Å². The second kappa shape index (κ2) is 7.79. The Morgan fingerprint density at radius 1 is 1.29 bits per heavy atom. The predicted octanol–water partition coefficient (Wildman–Crippen LogP) is 2.21. The Morgan fingerprint density at radius 2 is 2.07 bits per heavy atom. The Labute approximate surface area is 167 Å². The molecule has 3 heterocycles. The van der Waals surface area contributed by atoms with Crippen LogP contribution < -0.4 is 21.3 Å². The highest BCUT2D eigenvalue weighted by Crippen LogP contribution is 2.32. The smallest absolute Gasteiger partial charge is 0.224 e. The molecule has 3 aliphatic rings. The molecule has 2 aliphatic heterocycles. The molecule has 28 heavy (non-hydrogen) atoms. The summed E-state index contributed by atoms with van der Waals surface area (Å²) in [6.07, 6.45) is 9.92. The van der Waals surface area contributed by atoms with Gasteiger partial charge in [0.05, 0.1) is 17.1 Å². The topological polar surface area (TPSA) is 91.0 Å². The van der Waals surface area contributed by atoms with Crippen molar-refractivity contribution in [2.75, 3.05) is 12.4 Å². The third-order valence-electron chi connectivity index (χ3n) is 5.35. The lowest BCUT2D eigenvalue weighted by molar-refractivity contribution is -0.125. The van der Waals surface area contributed by atoms with Crippen LogP contribution in [0.25, 0.3) is 5.57 Å². The quantitative estimate of drug-likeness (QED) is 0.615. The minimum atomic E-state index is -0.540. The first kappa shape index (κ1) is 18.7. The van der Waals surface area contributed by atoms with Gasteiger partial charge in [0.2, 0.25) is 5.91 Å². The molecular formula is C19H22ClFN6O. The number of carbonyl (C=O) groups excluding carboxylic acids is 1. The summed E-state index contributed by atoms with van der Waals surface area (Å²) in [6, 6.07) is -0.165. The van der Waals surface area contributed by atoms with Crippen molar-refractivity contribution in [3.63, 3.8) is 0 Å². The number of rotatable bonds is 4. The number of amides is 1. The van der Waals surface area contributed by atoms with Crippen molar-refractivity contribution in [3.8, 4) is 0 Å². The fraction of sp³-hybridized carbons (Fsp3) is 0.421. The van der Waals surface area contributed by atoms with E-state index in [-0.39, 0.29) is 29.9 Å². The van der Waals surface area contributed by atoms with Crippen molar-refractivity contribution < 1.29 is 9.18 Å². The zero-order chi connectivity index (χ0) is 19.7. The summed E-state index contributed by atoms with van der Waals surface area (Å²) in [5.74, 6) is -0.270. The Balaban J connectivity index is 1.59. The van der Waals surface area contributed by atoms with Crippen LogP contribution in [0.1, 0.15) is 31.5 Å². The summed E-state index contributed by atoms with van der Waals surface area (Å²) in [7, 11) is 1.62. The summed E-state index contributed by atoms with van der Waals surface area (Å²) in [5.41, 5.74) is 1.64. The van der Waals surface area contributed by atoms with Crippen molar-refractivity contribution in [1.29, 1.82) is 0 Å². The Kier molecular flexibility index (Phi) is 5.21. The first-order valence-corrected chi connectivity index (χ1v) is 9.75. The SMILES string of the molecule is CNC(=O)[C@H]1CCCCC1Nc1nc(C2=CNC3NC=C(Cl)C=C23)ncc1F. The van der Waals surface area contributed by atoms with Crippen molar-refractivity contribution in [3.05, 3.63) is 46.9 Å². The van der Waals surface area contributed by atoms with E-state index < -0.39 is 5.82 Å². The number of dihydropyridines is 1. The third-order valence-corrected chi connectivity index (χ3v) is 5.57. The average molecular weight is 405 g/mol. The van der Waals surface area contributed by atoms with Crippen molar-refractivity contribution in [1.82, 2.24) is 25.9 Å². The number of nitrogens with zero attached hydrogens (tertiary/aromatic N) is 2. The van der Waals surface area contributed by atoms with Gasteiger partial charge < -0.3 is 21.3 Å². The fourth-order valence-electron chi connectivity index (χ4n) is 3.92. The number of hydrogen-bond acceptors (Lipinski definition) is 6. The van der Waals surface area contributed by atoms with E-state index >= 15 is 0 Å². The summed E-state index contributed by atoms with van der Waals surface area (Å²) in [5, 5.41) is 12.7. The van der Waals surface area contributed by atoms with Crippen LogP contribution in [0.4, 0.5) is 10.2 Å². The molecule has 1 fully saturated rings. The number of aromatic nitrogens is 2. The van der Waals surface area contributed by atoms with E-state index in [1.54, 1.807) is 19.4 Å². The standard InChI is InChI=1S/C19H22ClFN6O/c1-22-19(28)11-4-2-3-5-15(11)26-18-14(21)9-25-17(27-18)13-8-24-16-12(13)6-10(20)7-23-16/h6-9,11,15-16,23-24H,2-5H2,1H3,(H,22,28)(H,25,26,27)/t11-,15?,16?/m0/s1. The van der Waals surface area contributed by atoms with Gasteiger partial charge in [-0.15, -0.1) is 0 Å². The molecule has 0 bridgehead atoms. The largest absolute Gasteiger partial charge is 0.367 e. The number of allylic oxidation sites excluding steroid dienone is 2. The van der Waals surface area contributed by atoms with Crippen molar-refractivity contribution in [2.24, 2.45) is 5.92 Å². The molecule has 0 spiro atoms. The Hall–Kier alpha value is -2.61. The molecule has 0 radical (unpaired) electrons. The molecule has 7 nitrogen and oxygen atoms in total. The summed E-state index contributed by atoms with van der Waals surface area (Å²) in [4.78, 5) is 20.8. The van der Waals surface area contributed by atoms with E-state index in [1.807, 2.05) is 6.08 Å².